The van der Waals surface area contributed by atoms with Crippen molar-refractivity contribution in [1.29, 1.82) is 0 Å². The fraction of sp³-hybridized carbons (Fsp3) is 0.533. The molecule has 0 unspecified atom stereocenters. The molecule has 0 N–H and O–H groups in total. The van der Waals surface area contributed by atoms with Crippen LogP contribution in [-0.4, -0.2) is 19.0 Å². The normalized spacial score (nSPS) is 10.4. The zero-order chi connectivity index (χ0) is 12.3. The van der Waals surface area contributed by atoms with E-state index in [2.05, 4.69) is 24.3 Å². The predicted molar refractivity (Wildman–Crippen MR) is 70.1 cm³/mol. The van der Waals surface area contributed by atoms with Crippen molar-refractivity contribution in [3.63, 3.8) is 0 Å². The van der Waals surface area contributed by atoms with Crippen LogP contribution in [0, 0.1) is 0 Å². The third kappa shape index (κ3) is 7.70. The molecule has 17 heavy (non-hydrogen) atoms. The number of unbranched alkanes of at least 4 members (excludes halogenated alkanes) is 1. The fourth-order valence-corrected chi connectivity index (χ4v) is 1.70. The van der Waals surface area contributed by atoms with Crippen LogP contribution in [0.3, 0.4) is 0 Å². The van der Waals surface area contributed by atoms with Gasteiger partial charge in [-0.05, 0) is 38.2 Å². The van der Waals surface area contributed by atoms with Crippen molar-refractivity contribution in [2.24, 2.45) is 0 Å². The second kappa shape index (κ2) is 8.94. The highest BCUT2D eigenvalue weighted by Crippen LogP contribution is 2.03. The second-order valence-electron chi connectivity index (χ2n) is 4.36. The van der Waals surface area contributed by atoms with Crippen molar-refractivity contribution >= 4 is 5.78 Å². The van der Waals surface area contributed by atoms with Crippen LogP contribution in [0.5, 0.6) is 0 Å². The molecule has 0 saturated carbocycles. The van der Waals surface area contributed by atoms with E-state index in [1.54, 1.807) is 6.92 Å². The van der Waals surface area contributed by atoms with Crippen LogP contribution >= 0.6 is 0 Å². The lowest BCUT2D eigenvalue weighted by atomic mass is 10.1. The SMILES string of the molecule is CC(=O)CCCCOCCCc1ccccc1. The molecule has 0 aliphatic rings. The van der Waals surface area contributed by atoms with Crippen LogP contribution in [0.25, 0.3) is 0 Å². The molecule has 0 aliphatic heterocycles. The Balaban J connectivity index is 1.90. The zero-order valence-corrected chi connectivity index (χ0v) is 10.7. The number of ether oxygens (including phenoxy) is 1. The maximum atomic E-state index is 10.7. The van der Waals surface area contributed by atoms with Gasteiger partial charge in [-0.15, -0.1) is 0 Å². The van der Waals surface area contributed by atoms with Gasteiger partial charge in [-0.3, -0.25) is 0 Å². The number of hydrogen-bond donors (Lipinski definition) is 0. The monoisotopic (exact) mass is 234 g/mol. The van der Waals surface area contributed by atoms with Gasteiger partial charge in [-0.1, -0.05) is 30.3 Å². The number of Topliss-reactive ketones (excluding diaryl/α,β-unsaturated/α-hetero) is 1. The second-order valence-corrected chi connectivity index (χ2v) is 4.36. The molecule has 0 aromatic heterocycles. The largest absolute Gasteiger partial charge is 0.381 e. The molecule has 0 spiro atoms. The summed E-state index contributed by atoms with van der Waals surface area (Å²) in [5.41, 5.74) is 1.37. The van der Waals surface area contributed by atoms with Crippen LogP contribution in [0.1, 0.15) is 38.2 Å². The van der Waals surface area contributed by atoms with Gasteiger partial charge in [0.1, 0.15) is 5.78 Å². The first-order valence-electron chi connectivity index (χ1n) is 6.40. The van der Waals surface area contributed by atoms with E-state index < -0.39 is 0 Å². The molecular formula is C15H22O2. The quantitative estimate of drug-likeness (QED) is 0.612. The fourth-order valence-electron chi connectivity index (χ4n) is 1.70. The Hall–Kier alpha value is -1.15. The highest BCUT2D eigenvalue weighted by molar-refractivity contribution is 5.75. The molecule has 1 aromatic rings. The predicted octanol–water partition coefficient (Wildman–Crippen LogP) is 3.40. The van der Waals surface area contributed by atoms with Crippen LogP contribution in [0.4, 0.5) is 0 Å². The standard InChI is InChI=1S/C15H22O2/c1-14(16)8-5-6-12-17-13-7-11-15-9-3-2-4-10-15/h2-4,9-10H,5-8,11-13H2,1H3. The summed E-state index contributed by atoms with van der Waals surface area (Å²) in [7, 11) is 0. The molecule has 94 valence electrons. The molecule has 0 radical (unpaired) electrons. The van der Waals surface area contributed by atoms with E-state index in [9.17, 15) is 4.79 Å². The summed E-state index contributed by atoms with van der Waals surface area (Å²) >= 11 is 0. The Morgan fingerprint density at radius 1 is 1.06 bits per heavy atom. The zero-order valence-electron chi connectivity index (χ0n) is 10.7. The molecule has 2 nitrogen and oxygen atoms in total. The molecule has 0 bridgehead atoms. The van der Waals surface area contributed by atoms with E-state index >= 15 is 0 Å². The molecule has 1 aromatic carbocycles. The minimum Gasteiger partial charge on any atom is -0.381 e. The van der Waals surface area contributed by atoms with Crippen molar-refractivity contribution < 1.29 is 9.53 Å². The highest BCUT2D eigenvalue weighted by atomic mass is 16.5. The summed E-state index contributed by atoms with van der Waals surface area (Å²) in [5.74, 6) is 0.272. The van der Waals surface area contributed by atoms with Crippen molar-refractivity contribution in [2.45, 2.75) is 39.0 Å². The summed E-state index contributed by atoms with van der Waals surface area (Å²) in [5, 5.41) is 0. The molecule has 0 amide bonds. The summed E-state index contributed by atoms with van der Waals surface area (Å²) in [4.78, 5) is 10.7. The van der Waals surface area contributed by atoms with Gasteiger partial charge in [-0.25, -0.2) is 0 Å². The van der Waals surface area contributed by atoms with E-state index in [1.165, 1.54) is 5.56 Å². The van der Waals surface area contributed by atoms with Gasteiger partial charge in [0.25, 0.3) is 0 Å². The van der Waals surface area contributed by atoms with Crippen molar-refractivity contribution in [3.8, 4) is 0 Å². The maximum Gasteiger partial charge on any atom is 0.129 e. The Labute approximate surface area is 104 Å². The van der Waals surface area contributed by atoms with Crippen LogP contribution in [0.2, 0.25) is 0 Å². The molecular weight excluding hydrogens is 212 g/mol. The minimum absolute atomic E-state index is 0.272. The Bertz CT molecular complexity index is 306. The molecule has 0 aliphatic carbocycles. The van der Waals surface area contributed by atoms with Crippen molar-refractivity contribution in [1.82, 2.24) is 0 Å². The first-order chi connectivity index (χ1) is 8.29. The number of carbonyl (C=O) groups is 1. The summed E-state index contributed by atoms with van der Waals surface area (Å²) in [6.07, 6.45) is 4.78. The number of carbonyl (C=O) groups excluding carboxylic acids is 1. The van der Waals surface area contributed by atoms with E-state index in [4.69, 9.17) is 4.74 Å². The molecule has 0 fully saturated rings. The van der Waals surface area contributed by atoms with Gasteiger partial charge < -0.3 is 9.53 Å². The Morgan fingerprint density at radius 2 is 1.76 bits per heavy atom. The van der Waals surface area contributed by atoms with Gasteiger partial charge in [0.05, 0.1) is 0 Å². The first-order valence-corrected chi connectivity index (χ1v) is 6.40. The lowest BCUT2D eigenvalue weighted by molar-refractivity contribution is -0.117. The number of rotatable bonds is 9. The Morgan fingerprint density at radius 3 is 2.47 bits per heavy atom. The summed E-state index contributed by atoms with van der Waals surface area (Å²) in [6, 6.07) is 10.5. The van der Waals surface area contributed by atoms with Gasteiger partial charge in [0.2, 0.25) is 0 Å². The summed E-state index contributed by atoms with van der Waals surface area (Å²) in [6.45, 7) is 3.23. The van der Waals surface area contributed by atoms with Crippen molar-refractivity contribution in [3.05, 3.63) is 35.9 Å². The van der Waals surface area contributed by atoms with E-state index in [1.807, 2.05) is 6.07 Å². The smallest absolute Gasteiger partial charge is 0.129 e. The lowest BCUT2D eigenvalue weighted by Crippen LogP contribution is -2.00. The van der Waals surface area contributed by atoms with Gasteiger partial charge in [0, 0.05) is 19.6 Å². The lowest BCUT2D eigenvalue weighted by Gasteiger charge is -2.04. The van der Waals surface area contributed by atoms with Gasteiger partial charge in [0.15, 0.2) is 0 Å². The van der Waals surface area contributed by atoms with E-state index in [-0.39, 0.29) is 5.78 Å². The molecule has 0 saturated heterocycles. The first kappa shape index (κ1) is 13.9. The van der Waals surface area contributed by atoms with Crippen LogP contribution in [0.15, 0.2) is 30.3 Å². The molecule has 2 heteroatoms. The van der Waals surface area contributed by atoms with Crippen LogP contribution < -0.4 is 0 Å². The van der Waals surface area contributed by atoms with Crippen LogP contribution in [-0.2, 0) is 16.0 Å². The highest BCUT2D eigenvalue weighted by Gasteiger charge is 1.95. The summed E-state index contributed by atoms with van der Waals surface area (Å²) < 4.78 is 5.53. The van der Waals surface area contributed by atoms with Gasteiger partial charge >= 0.3 is 0 Å². The van der Waals surface area contributed by atoms with Gasteiger partial charge in [-0.2, -0.15) is 0 Å². The average Bonchev–Trinajstić information content (AvgIpc) is 2.33. The third-order valence-corrected chi connectivity index (χ3v) is 2.66. The number of aryl methyl sites for hydroxylation is 1. The third-order valence-electron chi connectivity index (χ3n) is 2.66. The van der Waals surface area contributed by atoms with E-state index in [0.29, 0.717) is 6.42 Å². The maximum absolute atomic E-state index is 10.7. The molecule has 1 rings (SSSR count). The minimum atomic E-state index is 0.272. The molecule has 0 atom stereocenters. The number of benzene rings is 1. The van der Waals surface area contributed by atoms with E-state index in [0.717, 1.165) is 38.9 Å². The van der Waals surface area contributed by atoms with Crippen molar-refractivity contribution in [2.75, 3.05) is 13.2 Å². The molecule has 0 heterocycles. The average molecular weight is 234 g/mol. The number of hydrogen-bond acceptors (Lipinski definition) is 2. The number of ketones is 1. The topological polar surface area (TPSA) is 26.3 Å². The Kier molecular flexibility index (Phi) is 7.32.